The Balaban J connectivity index is 1.93. The third kappa shape index (κ3) is 9.25. The molecule has 0 saturated carbocycles. The molecule has 6 nitrogen and oxygen atoms in total. The van der Waals surface area contributed by atoms with Crippen molar-refractivity contribution in [3.05, 3.63) is 71.2 Å². The molecule has 0 aliphatic heterocycles. The molecule has 9 heteroatoms. The van der Waals surface area contributed by atoms with E-state index in [1.807, 2.05) is 54.6 Å². The van der Waals surface area contributed by atoms with Crippen molar-refractivity contribution in [1.82, 2.24) is 5.32 Å². The SMILES string of the molecule is C=C(CC(O)NC(=O)OC(CSc1ccccc1)CSc1ccc(Br)cc1)C(=O)O. The van der Waals surface area contributed by atoms with Gasteiger partial charge < -0.3 is 14.9 Å². The van der Waals surface area contributed by atoms with E-state index in [1.54, 1.807) is 23.5 Å². The summed E-state index contributed by atoms with van der Waals surface area (Å²) in [7, 11) is 0. The van der Waals surface area contributed by atoms with Gasteiger partial charge in [0.2, 0.25) is 0 Å². The van der Waals surface area contributed by atoms with Gasteiger partial charge in [-0.2, -0.15) is 0 Å². The molecule has 2 aromatic rings. The van der Waals surface area contributed by atoms with Crippen LogP contribution in [0.1, 0.15) is 6.42 Å². The van der Waals surface area contributed by atoms with Crippen LogP contribution in [0.15, 0.2) is 81.0 Å². The Morgan fingerprint density at radius 3 is 2.17 bits per heavy atom. The van der Waals surface area contributed by atoms with Crippen LogP contribution in [0.2, 0.25) is 0 Å². The average Bonchev–Trinajstić information content (AvgIpc) is 2.71. The summed E-state index contributed by atoms with van der Waals surface area (Å²) < 4.78 is 6.47. The number of amides is 1. The van der Waals surface area contributed by atoms with Gasteiger partial charge in [-0.05, 0) is 36.4 Å². The normalized spacial score (nSPS) is 12.6. The van der Waals surface area contributed by atoms with Crippen LogP contribution >= 0.6 is 39.5 Å². The minimum absolute atomic E-state index is 0.204. The number of alkyl carbamates (subject to hydrolysis) is 1. The van der Waals surface area contributed by atoms with Crippen LogP contribution in [0.4, 0.5) is 4.79 Å². The van der Waals surface area contributed by atoms with E-state index in [0.717, 1.165) is 14.3 Å². The van der Waals surface area contributed by atoms with Crippen LogP contribution in [0, 0.1) is 0 Å². The van der Waals surface area contributed by atoms with E-state index in [2.05, 4.69) is 27.8 Å². The summed E-state index contributed by atoms with van der Waals surface area (Å²) in [5.41, 5.74) is -0.204. The zero-order chi connectivity index (χ0) is 21.9. The van der Waals surface area contributed by atoms with Gasteiger partial charge in [0.25, 0.3) is 0 Å². The molecule has 0 bridgehead atoms. The summed E-state index contributed by atoms with van der Waals surface area (Å²) in [4.78, 5) is 25.1. The highest BCUT2D eigenvalue weighted by Crippen LogP contribution is 2.25. The Labute approximate surface area is 192 Å². The number of nitrogens with one attached hydrogen (secondary N) is 1. The molecule has 0 fully saturated rings. The molecule has 0 saturated heterocycles. The number of aliphatic hydroxyl groups excluding tert-OH is 1. The van der Waals surface area contributed by atoms with Crippen LogP contribution in [-0.2, 0) is 9.53 Å². The lowest BCUT2D eigenvalue weighted by atomic mass is 10.2. The van der Waals surface area contributed by atoms with Crippen LogP contribution in [-0.4, -0.2) is 46.1 Å². The third-order valence-electron chi connectivity index (χ3n) is 3.73. The summed E-state index contributed by atoms with van der Waals surface area (Å²) in [6, 6.07) is 17.6. The number of carboxylic acid groups (broad SMARTS) is 1. The first-order chi connectivity index (χ1) is 14.3. The van der Waals surface area contributed by atoms with Gasteiger partial charge in [0.05, 0.1) is 0 Å². The molecule has 2 atom stereocenters. The Hall–Kier alpha value is -1.94. The van der Waals surface area contributed by atoms with Crippen LogP contribution in [0.3, 0.4) is 0 Å². The molecule has 30 heavy (non-hydrogen) atoms. The number of benzene rings is 2. The van der Waals surface area contributed by atoms with Crippen molar-refractivity contribution in [3.8, 4) is 0 Å². The summed E-state index contributed by atoms with van der Waals surface area (Å²) in [6.07, 6.45) is -2.92. The van der Waals surface area contributed by atoms with Crippen molar-refractivity contribution in [2.24, 2.45) is 0 Å². The minimum Gasteiger partial charge on any atom is -0.478 e. The number of carbonyl (C=O) groups is 2. The highest BCUT2D eigenvalue weighted by atomic mass is 79.9. The number of ether oxygens (including phenoxy) is 1. The van der Waals surface area contributed by atoms with Crippen LogP contribution < -0.4 is 5.32 Å². The van der Waals surface area contributed by atoms with Crippen LogP contribution in [0.25, 0.3) is 0 Å². The predicted octanol–water partition coefficient (Wildman–Crippen LogP) is 4.78. The van der Waals surface area contributed by atoms with Crippen molar-refractivity contribution < 1.29 is 24.5 Å². The number of hydrogen-bond acceptors (Lipinski definition) is 6. The van der Waals surface area contributed by atoms with Gasteiger partial charge in [0, 0.05) is 37.8 Å². The topological polar surface area (TPSA) is 95.9 Å². The number of thioether (sulfide) groups is 2. The fourth-order valence-electron chi connectivity index (χ4n) is 2.24. The Kier molecular flexibility index (Phi) is 10.3. The zero-order valence-electron chi connectivity index (χ0n) is 16.0. The third-order valence-corrected chi connectivity index (χ3v) is 6.55. The van der Waals surface area contributed by atoms with Crippen molar-refractivity contribution >= 4 is 51.5 Å². The van der Waals surface area contributed by atoms with E-state index in [0.29, 0.717) is 11.5 Å². The van der Waals surface area contributed by atoms with Gasteiger partial charge in [0.1, 0.15) is 12.3 Å². The summed E-state index contributed by atoms with van der Waals surface area (Å²) in [5.74, 6) is -0.182. The van der Waals surface area contributed by atoms with Gasteiger partial charge in [-0.25, -0.2) is 9.59 Å². The van der Waals surface area contributed by atoms with E-state index in [9.17, 15) is 14.7 Å². The highest BCUT2D eigenvalue weighted by molar-refractivity contribution is 9.10. The van der Waals surface area contributed by atoms with Crippen molar-refractivity contribution in [2.75, 3.05) is 11.5 Å². The van der Waals surface area contributed by atoms with Crippen molar-refractivity contribution in [3.63, 3.8) is 0 Å². The molecule has 1 amide bonds. The monoisotopic (exact) mass is 511 g/mol. The molecule has 0 aromatic heterocycles. The minimum atomic E-state index is -1.39. The predicted molar refractivity (Wildman–Crippen MR) is 123 cm³/mol. The number of hydrogen-bond donors (Lipinski definition) is 3. The van der Waals surface area contributed by atoms with Crippen molar-refractivity contribution in [2.45, 2.75) is 28.5 Å². The second kappa shape index (κ2) is 12.7. The lowest BCUT2D eigenvalue weighted by Crippen LogP contribution is -2.38. The second-order valence-corrected chi connectivity index (χ2v) is 9.29. The van der Waals surface area contributed by atoms with Gasteiger partial charge >= 0.3 is 12.1 Å². The maximum atomic E-state index is 12.2. The number of aliphatic carboxylic acids is 1. The quantitative estimate of drug-likeness (QED) is 0.227. The average molecular weight is 512 g/mol. The van der Waals surface area contributed by atoms with Gasteiger partial charge in [-0.3, -0.25) is 5.32 Å². The zero-order valence-corrected chi connectivity index (χ0v) is 19.2. The molecule has 0 heterocycles. The van der Waals surface area contributed by atoms with Gasteiger partial charge in [0.15, 0.2) is 0 Å². The number of carboxylic acids is 1. The Morgan fingerprint density at radius 1 is 1.03 bits per heavy atom. The standard InChI is InChI=1S/C21H22BrNO5S2/c1-14(20(25)26)11-19(24)23-21(27)28-16(12-29-17-5-3-2-4-6-17)13-30-18-9-7-15(22)8-10-18/h2-10,16,19,24H,1,11-13H2,(H,23,27)(H,25,26). The Bertz CT molecular complexity index is 848. The first-order valence-corrected chi connectivity index (χ1v) is 11.7. The lowest BCUT2D eigenvalue weighted by Gasteiger charge is -2.19. The molecule has 0 aliphatic carbocycles. The molecule has 2 rings (SSSR count). The number of rotatable bonds is 11. The molecule has 160 valence electrons. The summed E-state index contributed by atoms with van der Waals surface area (Å²) >= 11 is 6.52. The van der Waals surface area contributed by atoms with E-state index in [1.165, 1.54) is 0 Å². The summed E-state index contributed by atoms with van der Waals surface area (Å²) in [6.45, 7) is 3.33. The fourth-order valence-corrected chi connectivity index (χ4v) is 4.46. The van der Waals surface area contributed by atoms with E-state index in [-0.39, 0.29) is 12.0 Å². The largest absolute Gasteiger partial charge is 0.478 e. The summed E-state index contributed by atoms with van der Waals surface area (Å²) in [5, 5.41) is 20.9. The first-order valence-electron chi connectivity index (χ1n) is 8.96. The van der Waals surface area contributed by atoms with Crippen LogP contribution in [0.5, 0.6) is 0 Å². The van der Waals surface area contributed by atoms with E-state index < -0.39 is 24.4 Å². The maximum Gasteiger partial charge on any atom is 0.409 e. The maximum absolute atomic E-state index is 12.2. The fraction of sp³-hybridized carbons (Fsp3) is 0.238. The van der Waals surface area contributed by atoms with Gasteiger partial charge in [-0.15, -0.1) is 23.5 Å². The second-order valence-electron chi connectivity index (χ2n) is 6.19. The molecular formula is C21H22BrNO5S2. The van der Waals surface area contributed by atoms with Crippen molar-refractivity contribution in [1.29, 1.82) is 0 Å². The molecule has 0 aliphatic rings. The van der Waals surface area contributed by atoms with E-state index in [4.69, 9.17) is 9.84 Å². The number of aliphatic hydroxyl groups is 1. The number of halogens is 1. The number of carbonyl (C=O) groups excluding carboxylic acids is 1. The highest BCUT2D eigenvalue weighted by Gasteiger charge is 2.19. The molecule has 0 spiro atoms. The molecule has 2 aromatic carbocycles. The first kappa shape index (κ1) is 24.3. The smallest absolute Gasteiger partial charge is 0.409 e. The lowest BCUT2D eigenvalue weighted by molar-refractivity contribution is -0.133. The molecule has 0 radical (unpaired) electrons. The van der Waals surface area contributed by atoms with Gasteiger partial charge in [-0.1, -0.05) is 40.7 Å². The molecular weight excluding hydrogens is 490 g/mol. The molecule has 2 unspecified atom stereocenters. The van der Waals surface area contributed by atoms with E-state index >= 15 is 0 Å². The molecule has 3 N–H and O–H groups in total. The Morgan fingerprint density at radius 2 is 1.60 bits per heavy atom.